The van der Waals surface area contributed by atoms with Crippen molar-refractivity contribution in [2.45, 2.75) is 32.9 Å². The highest BCUT2D eigenvalue weighted by Gasteiger charge is 2.07. The van der Waals surface area contributed by atoms with Crippen LogP contribution < -0.4 is 11.1 Å². The van der Waals surface area contributed by atoms with Gasteiger partial charge in [-0.1, -0.05) is 0 Å². The SMILES string of the molecule is CC(CN)NC(=O)OC(C)C. The lowest BCUT2D eigenvalue weighted by molar-refractivity contribution is 0.113. The first-order valence-corrected chi connectivity index (χ1v) is 3.73. The molecule has 0 aromatic rings. The van der Waals surface area contributed by atoms with Crippen LogP contribution in [0.5, 0.6) is 0 Å². The number of amides is 1. The van der Waals surface area contributed by atoms with E-state index in [0.29, 0.717) is 6.54 Å². The molecular weight excluding hydrogens is 144 g/mol. The van der Waals surface area contributed by atoms with Crippen LogP contribution in [0.2, 0.25) is 0 Å². The number of alkyl carbamates (subject to hydrolysis) is 1. The molecule has 4 heteroatoms. The van der Waals surface area contributed by atoms with Crippen LogP contribution in [-0.2, 0) is 4.74 Å². The Hall–Kier alpha value is -0.770. The van der Waals surface area contributed by atoms with Crippen LogP contribution in [0.1, 0.15) is 20.8 Å². The fourth-order valence-corrected chi connectivity index (χ4v) is 0.508. The van der Waals surface area contributed by atoms with Crippen LogP contribution in [0.4, 0.5) is 4.79 Å². The molecule has 0 aliphatic rings. The Balaban J connectivity index is 3.52. The maximum absolute atomic E-state index is 10.8. The van der Waals surface area contributed by atoms with Gasteiger partial charge in [0.2, 0.25) is 0 Å². The lowest BCUT2D eigenvalue weighted by Crippen LogP contribution is -2.38. The third-order valence-electron chi connectivity index (χ3n) is 1.06. The number of nitrogens with two attached hydrogens (primary N) is 1. The maximum Gasteiger partial charge on any atom is 0.407 e. The molecule has 0 saturated heterocycles. The van der Waals surface area contributed by atoms with Gasteiger partial charge in [0.25, 0.3) is 0 Å². The van der Waals surface area contributed by atoms with Gasteiger partial charge in [-0.05, 0) is 20.8 Å². The number of carbonyl (C=O) groups is 1. The molecule has 0 aliphatic carbocycles. The highest BCUT2D eigenvalue weighted by molar-refractivity contribution is 5.67. The third-order valence-corrected chi connectivity index (χ3v) is 1.06. The zero-order valence-corrected chi connectivity index (χ0v) is 7.26. The summed E-state index contributed by atoms with van der Waals surface area (Å²) < 4.78 is 4.82. The average Bonchev–Trinajstić information content (AvgIpc) is 1.85. The quantitative estimate of drug-likeness (QED) is 0.630. The van der Waals surface area contributed by atoms with Crippen molar-refractivity contribution in [2.24, 2.45) is 5.73 Å². The predicted molar refractivity (Wildman–Crippen MR) is 43.3 cm³/mol. The molecule has 0 rings (SSSR count). The molecule has 0 spiro atoms. The molecule has 0 aromatic carbocycles. The molecule has 66 valence electrons. The van der Waals surface area contributed by atoms with Crippen molar-refractivity contribution in [1.82, 2.24) is 5.32 Å². The van der Waals surface area contributed by atoms with E-state index < -0.39 is 6.09 Å². The molecule has 0 aromatic heterocycles. The normalized spacial score (nSPS) is 12.8. The van der Waals surface area contributed by atoms with Crippen LogP contribution in [0.3, 0.4) is 0 Å². The van der Waals surface area contributed by atoms with Gasteiger partial charge in [-0.3, -0.25) is 0 Å². The van der Waals surface area contributed by atoms with Crippen LogP contribution in [0.15, 0.2) is 0 Å². The molecule has 0 bridgehead atoms. The van der Waals surface area contributed by atoms with E-state index in [1.54, 1.807) is 13.8 Å². The van der Waals surface area contributed by atoms with E-state index in [-0.39, 0.29) is 12.1 Å². The van der Waals surface area contributed by atoms with Crippen molar-refractivity contribution in [2.75, 3.05) is 6.54 Å². The standard InChI is InChI=1S/C7H16N2O2/c1-5(2)11-7(10)9-6(3)4-8/h5-6H,4,8H2,1-3H3,(H,9,10). The van der Waals surface area contributed by atoms with Crippen molar-refractivity contribution in [3.63, 3.8) is 0 Å². The molecule has 1 amide bonds. The zero-order valence-electron chi connectivity index (χ0n) is 7.26. The van der Waals surface area contributed by atoms with Gasteiger partial charge in [-0.2, -0.15) is 0 Å². The second-order valence-corrected chi connectivity index (χ2v) is 2.74. The first-order valence-electron chi connectivity index (χ1n) is 3.73. The molecule has 0 heterocycles. The van der Waals surface area contributed by atoms with Gasteiger partial charge in [-0.25, -0.2) is 4.79 Å². The van der Waals surface area contributed by atoms with Crippen LogP contribution in [0.25, 0.3) is 0 Å². The molecule has 0 saturated carbocycles. The molecule has 0 fully saturated rings. The van der Waals surface area contributed by atoms with Crippen LogP contribution in [0, 0.1) is 0 Å². The smallest absolute Gasteiger partial charge is 0.407 e. The Labute approximate surface area is 67.1 Å². The molecule has 1 atom stereocenters. The van der Waals surface area contributed by atoms with Gasteiger partial charge >= 0.3 is 6.09 Å². The number of carbonyl (C=O) groups excluding carboxylic acids is 1. The average molecular weight is 160 g/mol. The van der Waals surface area contributed by atoms with E-state index >= 15 is 0 Å². The Morgan fingerprint density at radius 3 is 2.45 bits per heavy atom. The predicted octanol–water partition coefficient (Wildman–Crippen LogP) is 0.468. The second-order valence-electron chi connectivity index (χ2n) is 2.74. The van der Waals surface area contributed by atoms with E-state index in [1.165, 1.54) is 0 Å². The summed E-state index contributed by atoms with van der Waals surface area (Å²) in [5.41, 5.74) is 5.28. The minimum atomic E-state index is -0.405. The molecule has 3 N–H and O–H groups in total. The van der Waals surface area contributed by atoms with E-state index in [4.69, 9.17) is 10.5 Å². The van der Waals surface area contributed by atoms with Crippen LogP contribution >= 0.6 is 0 Å². The summed E-state index contributed by atoms with van der Waals surface area (Å²) >= 11 is 0. The fourth-order valence-electron chi connectivity index (χ4n) is 0.508. The van der Waals surface area contributed by atoms with Crippen molar-refractivity contribution < 1.29 is 9.53 Å². The fraction of sp³-hybridized carbons (Fsp3) is 0.857. The first kappa shape index (κ1) is 10.2. The minimum absolute atomic E-state index is 0.0266. The highest BCUT2D eigenvalue weighted by Crippen LogP contribution is 1.89. The summed E-state index contributed by atoms with van der Waals surface area (Å²) in [6.45, 7) is 5.84. The van der Waals surface area contributed by atoms with Gasteiger partial charge < -0.3 is 15.8 Å². The summed E-state index contributed by atoms with van der Waals surface area (Å²) in [6.07, 6.45) is -0.488. The Morgan fingerprint density at radius 1 is 1.55 bits per heavy atom. The zero-order chi connectivity index (χ0) is 8.85. The van der Waals surface area contributed by atoms with Crippen molar-refractivity contribution in [3.05, 3.63) is 0 Å². The van der Waals surface area contributed by atoms with E-state index in [2.05, 4.69) is 5.32 Å². The highest BCUT2D eigenvalue weighted by atomic mass is 16.6. The molecule has 11 heavy (non-hydrogen) atoms. The number of rotatable bonds is 3. The number of ether oxygens (including phenoxy) is 1. The second kappa shape index (κ2) is 4.96. The van der Waals surface area contributed by atoms with Gasteiger partial charge in [0.05, 0.1) is 6.10 Å². The Morgan fingerprint density at radius 2 is 2.09 bits per heavy atom. The van der Waals surface area contributed by atoms with Gasteiger partial charge in [-0.15, -0.1) is 0 Å². The molecule has 4 nitrogen and oxygen atoms in total. The molecule has 0 radical (unpaired) electrons. The van der Waals surface area contributed by atoms with E-state index in [9.17, 15) is 4.79 Å². The van der Waals surface area contributed by atoms with E-state index in [1.807, 2.05) is 6.92 Å². The summed E-state index contributed by atoms with van der Waals surface area (Å²) in [5.74, 6) is 0. The summed E-state index contributed by atoms with van der Waals surface area (Å²) in [4.78, 5) is 10.8. The van der Waals surface area contributed by atoms with Crippen molar-refractivity contribution in [3.8, 4) is 0 Å². The number of hydrogen-bond donors (Lipinski definition) is 2. The molecule has 0 aliphatic heterocycles. The molecular formula is C7H16N2O2. The maximum atomic E-state index is 10.8. The van der Waals surface area contributed by atoms with Crippen molar-refractivity contribution in [1.29, 1.82) is 0 Å². The summed E-state index contributed by atoms with van der Waals surface area (Å²) in [5, 5.41) is 2.57. The lowest BCUT2D eigenvalue weighted by Gasteiger charge is -2.13. The largest absolute Gasteiger partial charge is 0.447 e. The van der Waals surface area contributed by atoms with Gasteiger partial charge in [0.1, 0.15) is 0 Å². The van der Waals surface area contributed by atoms with Crippen LogP contribution in [-0.4, -0.2) is 24.8 Å². The van der Waals surface area contributed by atoms with E-state index in [0.717, 1.165) is 0 Å². The topological polar surface area (TPSA) is 64.3 Å². The number of nitrogens with one attached hydrogen (secondary N) is 1. The number of hydrogen-bond acceptors (Lipinski definition) is 3. The molecule has 1 unspecified atom stereocenters. The third kappa shape index (κ3) is 5.66. The monoisotopic (exact) mass is 160 g/mol. The summed E-state index contributed by atoms with van der Waals surface area (Å²) in [6, 6.07) is -0.0266. The first-order chi connectivity index (χ1) is 5.06. The van der Waals surface area contributed by atoms with Gasteiger partial charge in [0, 0.05) is 12.6 Å². The van der Waals surface area contributed by atoms with Gasteiger partial charge in [0.15, 0.2) is 0 Å². The van der Waals surface area contributed by atoms with Crippen molar-refractivity contribution >= 4 is 6.09 Å². The lowest BCUT2D eigenvalue weighted by atomic mass is 10.3. The Kier molecular flexibility index (Phi) is 4.61. The summed E-state index contributed by atoms with van der Waals surface area (Å²) in [7, 11) is 0. The minimum Gasteiger partial charge on any atom is -0.447 e. The Bertz CT molecular complexity index is 126.